The molecule has 16 atom stereocenters. The van der Waals surface area contributed by atoms with E-state index in [0.29, 0.717) is 12.8 Å². The second-order valence-corrected chi connectivity index (χ2v) is 18.8. The van der Waals surface area contributed by atoms with Crippen LogP contribution in [0.25, 0.3) is 0 Å². The summed E-state index contributed by atoms with van der Waals surface area (Å²) in [4.78, 5) is 11.9. The second-order valence-electron chi connectivity index (χ2n) is 18.8. The molecule has 5 N–H and O–H groups in total. The van der Waals surface area contributed by atoms with Crippen molar-refractivity contribution in [3.8, 4) is 0 Å². The van der Waals surface area contributed by atoms with Crippen LogP contribution in [0, 0.1) is 44.8 Å². The lowest BCUT2D eigenvalue weighted by molar-refractivity contribution is -0.309. The zero-order valence-electron chi connectivity index (χ0n) is 29.7. The number of ether oxygens (including phenoxy) is 4. The number of hydrogen-bond acceptors (Lipinski definition) is 10. The van der Waals surface area contributed by atoms with Crippen molar-refractivity contribution in [1.82, 2.24) is 0 Å². The molecule has 0 radical (unpaired) electrons. The highest BCUT2D eigenvalue weighted by Crippen LogP contribution is 2.89. The quantitative estimate of drug-likeness (QED) is 0.218. The zero-order chi connectivity index (χ0) is 34.3. The predicted octanol–water partition coefficient (Wildman–Crippen LogP) is 3.47. The van der Waals surface area contributed by atoms with Crippen molar-refractivity contribution < 1.29 is 49.3 Å². The maximum absolute atomic E-state index is 12.2. The van der Waals surface area contributed by atoms with Gasteiger partial charge >= 0.3 is 5.97 Å². The van der Waals surface area contributed by atoms with Crippen LogP contribution in [0.15, 0.2) is 0 Å². The van der Waals surface area contributed by atoms with Crippen molar-refractivity contribution in [2.75, 3.05) is 6.61 Å². The van der Waals surface area contributed by atoms with Crippen LogP contribution < -0.4 is 0 Å². The Hall–Kier alpha value is -0.850. The minimum absolute atomic E-state index is 0.00501. The molecule has 0 amide bonds. The van der Waals surface area contributed by atoms with Gasteiger partial charge in [0.15, 0.2) is 12.4 Å². The Morgan fingerprint density at radius 1 is 0.851 bits per heavy atom. The highest BCUT2D eigenvalue weighted by Gasteiger charge is 2.85. The Morgan fingerprint density at radius 3 is 2.19 bits per heavy atom. The van der Waals surface area contributed by atoms with Crippen LogP contribution in [0.2, 0.25) is 0 Å². The van der Waals surface area contributed by atoms with Crippen LogP contribution in [0.3, 0.4) is 0 Å². The van der Waals surface area contributed by atoms with E-state index in [1.165, 1.54) is 6.92 Å². The van der Waals surface area contributed by atoms with Gasteiger partial charge in [-0.25, -0.2) is 0 Å². The average Bonchev–Trinajstić information content (AvgIpc) is 3.30. The Balaban J connectivity index is 1.15. The van der Waals surface area contributed by atoms with Gasteiger partial charge in [-0.1, -0.05) is 27.7 Å². The van der Waals surface area contributed by atoms with Gasteiger partial charge in [-0.15, -0.1) is 0 Å². The SMILES string of the molecule is CC(=O)O[C@H]1[C@H](O[C@H]2CC[C@]34C[C@]35CC[C@]3(C)[C@@H]([C@@]6(C)CC[C@@H](C(C)(C)O)O6)[C@@H](O)C[C@@]3(C)[C@@H]5C[C@H](O)C4C2(C)C)OC[C@@H](O)[C@@H]1O. The van der Waals surface area contributed by atoms with Crippen LogP contribution in [0.4, 0.5) is 0 Å². The lowest BCUT2D eigenvalue weighted by atomic mass is 9.41. The zero-order valence-corrected chi connectivity index (χ0v) is 29.7. The number of aliphatic hydroxyl groups excluding tert-OH is 4. The molecule has 5 saturated carbocycles. The lowest BCUT2D eigenvalue weighted by Gasteiger charge is -2.64. The van der Waals surface area contributed by atoms with E-state index in [0.717, 1.165) is 44.9 Å². The van der Waals surface area contributed by atoms with Crippen LogP contribution in [-0.2, 0) is 23.7 Å². The van der Waals surface area contributed by atoms with Crippen molar-refractivity contribution in [3.63, 3.8) is 0 Å². The van der Waals surface area contributed by atoms with Crippen molar-refractivity contribution in [1.29, 1.82) is 0 Å². The highest BCUT2D eigenvalue weighted by molar-refractivity contribution is 5.66. The molecule has 0 bridgehead atoms. The van der Waals surface area contributed by atoms with Gasteiger partial charge in [-0.3, -0.25) is 4.79 Å². The van der Waals surface area contributed by atoms with E-state index < -0.39 is 59.4 Å². The fourth-order valence-corrected chi connectivity index (χ4v) is 13.7. The Morgan fingerprint density at radius 2 is 1.55 bits per heavy atom. The van der Waals surface area contributed by atoms with Crippen LogP contribution >= 0.6 is 0 Å². The smallest absolute Gasteiger partial charge is 0.303 e. The van der Waals surface area contributed by atoms with Gasteiger partial charge in [0.2, 0.25) is 0 Å². The van der Waals surface area contributed by atoms with E-state index in [1.54, 1.807) is 0 Å². The van der Waals surface area contributed by atoms with Crippen LogP contribution in [0.1, 0.15) is 113 Å². The first-order valence-corrected chi connectivity index (χ1v) is 18.2. The van der Waals surface area contributed by atoms with Gasteiger partial charge in [-0.2, -0.15) is 0 Å². The number of carbonyl (C=O) groups is 1. The monoisotopic (exact) mass is 664 g/mol. The van der Waals surface area contributed by atoms with Gasteiger partial charge < -0.3 is 44.5 Å². The molecule has 0 aromatic rings. The Kier molecular flexibility index (Phi) is 7.80. The van der Waals surface area contributed by atoms with E-state index in [2.05, 4.69) is 34.6 Å². The number of rotatable bonds is 5. The minimum Gasteiger partial charge on any atom is -0.454 e. The first-order valence-electron chi connectivity index (χ1n) is 18.2. The largest absolute Gasteiger partial charge is 0.454 e. The fraction of sp³-hybridized carbons (Fsp3) is 0.973. The molecule has 2 saturated heterocycles. The van der Waals surface area contributed by atoms with Gasteiger partial charge in [0.25, 0.3) is 0 Å². The molecule has 7 fully saturated rings. The van der Waals surface area contributed by atoms with E-state index in [1.807, 2.05) is 13.8 Å². The van der Waals surface area contributed by atoms with E-state index in [4.69, 9.17) is 18.9 Å². The van der Waals surface area contributed by atoms with Crippen molar-refractivity contribution in [3.05, 3.63) is 0 Å². The van der Waals surface area contributed by atoms with E-state index >= 15 is 0 Å². The first-order chi connectivity index (χ1) is 21.7. The molecule has 10 nitrogen and oxygen atoms in total. The van der Waals surface area contributed by atoms with Crippen LogP contribution in [0.5, 0.6) is 0 Å². The van der Waals surface area contributed by atoms with Gasteiger partial charge in [0, 0.05) is 12.8 Å². The summed E-state index contributed by atoms with van der Waals surface area (Å²) in [5.74, 6) is -0.368. The summed E-state index contributed by atoms with van der Waals surface area (Å²) in [6.07, 6.45) is 1.48. The molecule has 0 aromatic carbocycles. The maximum atomic E-state index is 12.2. The minimum atomic E-state index is -1.32. The summed E-state index contributed by atoms with van der Waals surface area (Å²) >= 11 is 0. The summed E-state index contributed by atoms with van der Waals surface area (Å²) < 4.78 is 24.4. The number of esters is 1. The molecule has 47 heavy (non-hydrogen) atoms. The molecule has 2 heterocycles. The van der Waals surface area contributed by atoms with E-state index in [9.17, 15) is 30.3 Å². The topological polar surface area (TPSA) is 155 Å². The highest BCUT2D eigenvalue weighted by atomic mass is 16.7. The third kappa shape index (κ3) is 4.60. The summed E-state index contributed by atoms with van der Waals surface area (Å²) in [6, 6.07) is 0. The summed E-state index contributed by atoms with van der Waals surface area (Å²) in [5, 5.41) is 55.8. The molecule has 1 unspecified atom stereocenters. The molecule has 10 heteroatoms. The molecular formula is C37H60O10. The van der Waals surface area contributed by atoms with Gasteiger partial charge in [0.05, 0.1) is 42.2 Å². The van der Waals surface area contributed by atoms with Crippen molar-refractivity contribution in [2.45, 2.75) is 173 Å². The standard InChI is InChI=1S/C37H60O10/c1-19(38)45-27-26(42)22(41)17-44-30(27)46-24-10-12-37-18-36(37)14-13-33(6)29(35(8)11-9-25(47-35)32(4,5)43)21(40)16-34(33,7)23(36)15-20(39)28(37)31(24,2)3/h20-30,39-43H,9-18H2,1-8H3/t20-,21-,22+,23-,24-,25-,26-,27+,28?,29-,30-,33+,34-,35+,36-,37+/m0/s1. The first kappa shape index (κ1) is 34.6. The molecule has 268 valence electrons. The van der Waals surface area contributed by atoms with E-state index in [-0.39, 0.29) is 58.2 Å². The molecule has 2 spiro atoms. The molecule has 7 rings (SSSR count). The maximum Gasteiger partial charge on any atom is 0.303 e. The predicted molar refractivity (Wildman–Crippen MR) is 171 cm³/mol. The van der Waals surface area contributed by atoms with Gasteiger partial charge in [0.1, 0.15) is 12.2 Å². The Bertz CT molecular complexity index is 1270. The normalized spacial score (nSPS) is 56.6. The summed E-state index contributed by atoms with van der Waals surface area (Å²) in [5.41, 5.74) is -2.18. The average molecular weight is 665 g/mol. The molecular weight excluding hydrogens is 604 g/mol. The molecule has 5 aliphatic carbocycles. The number of carbonyl (C=O) groups excluding carboxylic acids is 1. The van der Waals surface area contributed by atoms with Crippen molar-refractivity contribution >= 4 is 5.97 Å². The lowest BCUT2D eigenvalue weighted by Crippen LogP contribution is -2.63. The third-order valence-corrected chi connectivity index (χ3v) is 15.8. The van der Waals surface area contributed by atoms with Crippen molar-refractivity contribution in [2.24, 2.45) is 44.8 Å². The molecule has 0 aromatic heterocycles. The second kappa shape index (κ2) is 10.6. The van der Waals surface area contributed by atoms with Gasteiger partial charge in [-0.05, 0) is 117 Å². The Labute approximate surface area is 279 Å². The summed E-state index contributed by atoms with van der Waals surface area (Å²) in [6.45, 7) is 16.0. The number of hydrogen-bond donors (Lipinski definition) is 5. The third-order valence-electron chi connectivity index (χ3n) is 15.8. The van der Waals surface area contributed by atoms with Crippen LogP contribution in [-0.4, -0.2) is 98.3 Å². The summed E-state index contributed by atoms with van der Waals surface area (Å²) in [7, 11) is 0. The fourth-order valence-electron chi connectivity index (χ4n) is 13.7. The molecule has 2 aliphatic heterocycles. The molecule has 7 aliphatic rings. The number of aliphatic hydroxyl groups is 5. The number of fused-ring (bicyclic) bond motifs is 2.